The average Bonchev–Trinajstić information content (AvgIpc) is 2.88. The van der Waals surface area contributed by atoms with E-state index in [2.05, 4.69) is 43.9 Å². The van der Waals surface area contributed by atoms with E-state index in [1.54, 1.807) is 0 Å². The summed E-state index contributed by atoms with van der Waals surface area (Å²) in [7, 11) is 0. The topological polar surface area (TPSA) is 32.5 Å². The zero-order valence-electron chi connectivity index (χ0n) is 11.3. The molecule has 3 nitrogen and oxygen atoms in total. The number of halogens is 1. The van der Waals surface area contributed by atoms with Crippen molar-refractivity contribution in [3.63, 3.8) is 0 Å². The van der Waals surface area contributed by atoms with E-state index in [1.165, 1.54) is 48.2 Å². The Morgan fingerprint density at radius 2 is 2.16 bits per heavy atom. The Morgan fingerprint density at radius 1 is 1.26 bits per heavy atom. The van der Waals surface area contributed by atoms with Crippen LogP contribution in [-0.4, -0.2) is 43.7 Å². The molecule has 0 aliphatic carbocycles. The van der Waals surface area contributed by atoms with Crippen LogP contribution in [0.2, 0.25) is 0 Å². The fourth-order valence-corrected chi connectivity index (χ4v) is 3.88. The van der Waals surface area contributed by atoms with Crippen molar-refractivity contribution in [3.8, 4) is 0 Å². The second-order valence-corrected chi connectivity index (χ2v) is 6.45. The van der Waals surface area contributed by atoms with Crippen molar-refractivity contribution >= 4 is 21.6 Å². The molecule has 1 atom stereocenters. The molecule has 2 aliphatic heterocycles. The molecule has 4 heteroatoms. The molecule has 0 amide bonds. The fourth-order valence-electron chi connectivity index (χ4n) is 3.32. The van der Waals surface area contributed by atoms with Crippen molar-refractivity contribution in [2.45, 2.75) is 25.3 Å². The molecule has 0 bridgehead atoms. The largest absolute Gasteiger partial charge is 0.369 e. The van der Waals surface area contributed by atoms with E-state index in [0.29, 0.717) is 6.54 Å². The van der Waals surface area contributed by atoms with Crippen LogP contribution in [0.3, 0.4) is 0 Å². The van der Waals surface area contributed by atoms with Crippen molar-refractivity contribution in [2.24, 2.45) is 5.73 Å². The standard InChI is InChI=1S/C15H22BrN3/c16-15-10-13(4-3-12(15)5-6-17)19-9-8-18-7-1-2-14(18)11-19/h3-4,10,14H,1-2,5-9,11,17H2. The maximum atomic E-state index is 5.63. The van der Waals surface area contributed by atoms with Gasteiger partial charge in [-0.25, -0.2) is 0 Å². The van der Waals surface area contributed by atoms with Gasteiger partial charge in [0, 0.05) is 35.8 Å². The Bertz CT molecular complexity index is 449. The molecule has 2 heterocycles. The van der Waals surface area contributed by atoms with E-state index in [4.69, 9.17) is 5.73 Å². The maximum Gasteiger partial charge on any atom is 0.0378 e. The second kappa shape index (κ2) is 5.81. The lowest BCUT2D eigenvalue weighted by atomic mass is 10.1. The molecule has 104 valence electrons. The van der Waals surface area contributed by atoms with Gasteiger partial charge in [-0.1, -0.05) is 22.0 Å². The molecule has 0 spiro atoms. The van der Waals surface area contributed by atoms with Crippen LogP contribution in [0, 0.1) is 0 Å². The summed E-state index contributed by atoms with van der Waals surface area (Å²) in [5.41, 5.74) is 8.29. The lowest BCUT2D eigenvalue weighted by Gasteiger charge is -2.39. The number of fused-ring (bicyclic) bond motifs is 1. The molecule has 2 aliphatic rings. The van der Waals surface area contributed by atoms with Crippen LogP contribution in [0.15, 0.2) is 22.7 Å². The summed E-state index contributed by atoms with van der Waals surface area (Å²) in [6.07, 6.45) is 3.68. The quantitative estimate of drug-likeness (QED) is 0.925. The summed E-state index contributed by atoms with van der Waals surface area (Å²) >= 11 is 3.68. The van der Waals surface area contributed by atoms with Gasteiger partial charge in [0.25, 0.3) is 0 Å². The summed E-state index contributed by atoms with van der Waals surface area (Å²) < 4.78 is 1.20. The zero-order valence-corrected chi connectivity index (χ0v) is 12.9. The van der Waals surface area contributed by atoms with Crippen LogP contribution in [-0.2, 0) is 6.42 Å². The minimum Gasteiger partial charge on any atom is -0.369 e. The highest BCUT2D eigenvalue weighted by molar-refractivity contribution is 9.10. The van der Waals surface area contributed by atoms with Gasteiger partial charge in [0.15, 0.2) is 0 Å². The normalized spacial score (nSPS) is 23.7. The van der Waals surface area contributed by atoms with Crippen LogP contribution in [0.5, 0.6) is 0 Å². The Hall–Kier alpha value is -0.580. The maximum absolute atomic E-state index is 5.63. The Balaban J connectivity index is 1.73. The van der Waals surface area contributed by atoms with E-state index in [0.717, 1.165) is 19.0 Å². The third-order valence-electron chi connectivity index (χ3n) is 4.40. The number of hydrogen-bond donors (Lipinski definition) is 1. The van der Waals surface area contributed by atoms with Gasteiger partial charge in [-0.2, -0.15) is 0 Å². The average molecular weight is 324 g/mol. The van der Waals surface area contributed by atoms with E-state index in [9.17, 15) is 0 Å². The summed E-state index contributed by atoms with van der Waals surface area (Å²) in [5.74, 6) is 0. The number of piperazine rings is 1. The predicted octanol–water partition coefficient (Wildman–Crippen LogP) is 2.23. The zero-order chi connectivity index (χ0) is 13.2. The summed E-state index contributed by atoms with van der Waals surface area (Å²) in [5, 5.41) is 0. The van der Waals surface area contributed by atoms with E-state index >= 15 is 0 Å². The molecule has 0 radical (unpaired) electrons. The SMILES string of the molecule is NCCc1ccc(N2CCN3CCCC3C2)cc1Br. The second-order valence-electron chi connectivity index (χ2n) is 5.59. The molecule has 19 heavy (non-hydrogen) atoms. The first-order valence-electron chi connectivity index (χ1n) is 7.25. The Labute approximate surface area is 123 Å². The number of anilines is 1. The molecule has 2 saturated heterocycles. The number of benzene rings is 1. The molecule has 3 rings (SSSR count). The van der Waals surface area contributed by atoms with Crippen molar-refractivity contribution in [3.05, 3.63) is 28.2 Å². The highest BCUT2D eigenvalue weighted by Crippen LogP contribution is 2.28. The van der Waals surface area contributed by atoms with E-state index < -0.39 is 0 Å². The molecule has 0 saturated carbocycles. The van der Waals surface area contributed by atoms with Gasteiger partial charge in [-0.15, -0.1) is 0 Å². The van der Waals surface area contributed by atoms with Gasteiger partial charge < -0.3 is 10.6 Å². The minimum atomic E-state index is 0.707. The summed E-state index contributed by atoms with van der Waals surface area (Å²) in [6.45, 7) is 5.56. The predicted molar refractivity (Wildman–Crippen MR) is 83.7 cm³/mol. The van der Waals surface area contributed by atoms with Gasteiger partial charge in [-0.3, -0.25) is 4.90 Å². The third-order valence-corrected chi connectivity index (χ3v) is 5.14. The van der Waals surface area contributed by atoms with E-state index in [1.807, 2.05) is 0 Å². The van der Waals surface area contributed by atoms with Crippen molar-refractivity contribution in [2.75, 3.05) is 37.6 Å². The third kappa shape index (κ3) is 2.81. The molecule has 1 aromatic carbocycles. The van der Waals surface area contributed by atoms with Crippen LogP contribution < -0.4 is 10.6 Å². The summed E-state index contributed by atoms with van der Waals surface area (Å²) in [6, 6.07) is 7.50. The monoisotopic (exact) mass is 323 g/mol. The van der Waals surface area contributed by atoms with Gasteiger partial charge in [0.05, 0.1) is 0 Å². The molecule has 1 unspecified atom stereocenters. The molecule has 2 N–H and O–H groups in total. The van der Waals surface area contributed by atoms with Crippen molar-refractivity contribution in [1.82, 2.24) is 4.90 Å². The number of nitrogens with zero attached hydrogens (tertiary/aromatic N) is 2. The smallest absolute Gasteiger partial charge is 0.0378 e. The first kappa shape index (κ1) is 13.4. The van der Waals surface area contributed by atoms with Gasteiger partial charge in [0.1, 0.15) is 0 Å². The molecule has 1 aromatic rings. The number of nitrogens with two attached hydrogens (primary N) is 1. The van der Waals surface area contributed by atoms with Gasteiger partial charge in [-0.05, 0) is 50.0 Å². The highest BCUT2D eigenvalue weighted by Gasteiger charge is 2.30. The Morgan fingerprint density at radius 3 is 2.95 bits per heavy atom. The van der Waals surface area contributed by atoms with Crippen LogP contribution >= 0.6 is 15.9 Å². The van der Waals surface area contributed by atoms with Crippen LogP contribution in [0.4, 0.5) is 5.69 Å². The fraction of sp³-hybridized carbons (Fsp3) is 0.600. The number of hydrogen-bond acceptors (Lipinski definition) is 3. The lowest BCUT2D eigenvalue weighted by molar-refractivity contribution is 0.231. The Kier molecular flexibility index (Phi) is 4.10. The molecular weight excluding hydrogens is 302 g/mol. The minimum absolute atomic E-state index is 0.707. The van der Waals surface area contributed by atoms with E-state index in [-0.39, 0.29) is 0 Å². The molecular formula is C15H22BrN3. The van der Waals surface area contributed by atoms with Gasteiger partial charge in [0.2, 0.25) is 0 Å². The van der Waals surface area contributed by atoms with Crippen molar-refractivity contribution < 1.29 is 0 Å². The first-order valence-corrected chi connectivity index (χ1v) is 8.05. The number of rotatable bonds is 3. The highest BCUT2D eigenvalue weighted by atomic mass is 79.9. The van der Waals surface area contributed by atoms with Crippen LogP contribution in [0.1, 0.15) is 18.4 Å². The van der Waals surface area contributed by atoms with Crippen LogP contribution in [0.25, 0.3) is 0 Å². The first-order chi connectivity index (χ1) is 9.28. The molecule has 2 fully saturated rings. The van der Waals surface area contributed by atoms with Crippen molar-refractivity contribution in [1.29, 1.82) is 0 Å². The summed E-state index contributed by atoms with van der Waals surface area (Å²) in [4.78, 5) is 5.18. The van der Waals surface area contributed by atoms with Gasteiger partial charge >= 0.3 is 0 Å². The molecule has 0 aromatic heterocycles. The lowest BCUT2D eigenvalue weighted by Crippen LogP contribution is -2.50.